The smallest absolute Gasteiger partial charge is 0.414 e. The van der Waals surface area contributed by atoms with Crippen molar-refractivity contribution in [3.63, 3.8) is 0 Å². The van der Waals surface area contributed by atoms with E-state index < -0.39 is 8.07 Å². The van der Waals surface area contributed by atoms with Gasteiger partial charge in [-0.2, -0.15) is 0 Å². The first-order valence-corrected chi connectivity index (χ1v) is 13.9. The van der Waals surface area contributed by atoms with Crippen LogP contribution < -0.4 is 0 Å². The third-order valence-electron chi connectivity index (χ3n) is 5.35. The van der Waals surface area contributed by atoms with Crippen molar-refractivity contribution >= 4 is 14.2 Å². The lowest BCUT2D eigenvalue weighted by molar-refractivity contribution is 0.0540. The quantitative estimate of drug-likeness (QED) is 0.461. The van der Waals surface area contributed by atoms with Gasteiger partial charge in [-0.3, -0.25) is 0 Å². The van der Waals surface area contributed by atoms with E-state index in [-0.39, 0.29) is 30.2 Å². The van der Waals surface area contributed by atoms with Crippen LogP contribution in [0.5, 0.6) is 0 Å². The zero-order valence-corrected chi connectivity index (χ0v) is 19.2. The highest BCUT2D eigenvalue weighted by Crippen LogP contribution is 2.31. The fourth-order valence-electron chi connectivity index (χ4n) is 3.84. The van der Waals surface area contributed by atoms with Crippen LogP contribution in [0.4, 0.5) is 4.79 Å². The number of carbonyl (C=O) groups excluding carboxylic acids is 1. The molecule has 0 aliphatic heterocycles. The molecule has 0 aromatic heterocycles. The average molecular weight is 384 g/mol. The molecule has 0 spiro atoms. The van der Waals surface area contributed by atoms with Gasteiger partial charge in [-0.15, -0.1) is 0 Å². The summed E-state index contributed by atoms with van der Waals surface area (Å²) < 4.78 is 5.91. The second-order valence-electron chi connectivity index (χ2n) is 9.49. The van der Waals surface area contributed by atoms with E-state index in [1.807, 2.05) is 33.8 Å². The van der Waals surface area contributed by atoms with E-state index in [4.69, 9.17) is 4.74 Å². The minimum atomic E-state index is -1.84. The van der Waals surface area contributed by atoms with E-state index in [9.17, 15) is 9.90 Å². The predicted molar refractivity (Wildman–Crippen MR) is 112 cm³/mol. The maximum absolute atomic E-state index is 12.8. The molecule has 1 rings (SSSR count). The SMILES string of the molecule is CC(C)N(C(=O)O/C(=C\[C@H](C)[C@H](O)C1CCCCC1)[Si](C)(C)C)C(C)C. The Labute approximate surface area is 162 Å². The Morgan fingerprint density at radius 2 is 1.54 bits per heavy atom. The molecule has 1 aliphatic rings. The number of nitrogens with zero attached hydrogens (tertiary/aromatic N) is 1. The normalized spacial score (nSPS) is 19.6. The molecular weight excluding hydrogens is 342 g/mol. The van der Waals surface area contributed by atoms with Gasteiger partial charge in [0, 0.05) is 18.0 Å². The van der Waals surface area contributed by atoms with Crippen molar-refractivity contribution in [2.75, 3.05) is 0 Å². The third-order valence-corrected chi connectivity index (χ3v) is 7.09. The Balaban J connectivity index is 2.94. The molecule has 2 atom stereocenters. The van der Waals surface area contributed by atoms with Crippen LogP contribution in [0.1, 0.15) is 66.7 Å². The van der Waals surface area contributed by atoms with Gasteiger partial charge in [-0.1, -0.05) is 45.8 Å². The van der Waals surface area contributed by atoms with Gasteiger partial charge in [0.25, 0.3) is 0 Å². The van der Waals surface area contributed by atoms with Crippen molar-refractivity contribution in [1.29, 1.82) is 0 Å². The zero-order chi connectivity index (χ0) is 20.1. The number of hydrogen-bond acceptors (Lipinski definition) is 3. The molecule has 1 aliphatic carbocycles. The molecule has 4 nitrogen and oxygen atoms in total. The first-order valence-electron chi connectivity index (χ1n) is 10.4. The van der Waals surface area contributed by atoms with Crippen LogP contribution in [0, 0.1) is 11.8 Å². The summed E-state index contributed by atoms with van der Waals surface area (Å²) in [5, 5.41) is 11.6. The summed E-state index contributed by atoms with van der Waals surface area (Å²) in [5.74, 6) is 0.371. The number of carbonyl (C=O) groups is 1. The lowest BCUT2D eigenvalue weighted by Crippen LogP contribution is -2.44. The van der Waals surface area contributed by atoms with Crippen molar-refractivity contribution in [3.05, 3.63) is 11.5 Å². The maximum Gasteiger partial charge on any atom is 0.414 e. The monoisotopic (exact) mass is 383 g/mol. The second-order valence-corrected chi connectivity index (χ2v) is 14.5. The summed E-state index contributed by atoms with van der Waals surface area (Å²) in [5.41, 5.74) is 0. The fourth-order valence-corrected chi connectivity index (χ4v) is 5.00. The van der Waals surface area contributed by atoms with Gasteiger partial charge in [-0.05, 0) is 52.5 Å². The first-order chi connectivity index (χ1) is 11.9. The lowest BCUT2D eigenvalue weighted by atomic mass is 9.81. The molecule has 0 aromatic rings. The Bertz CT molecular complexity index is 468. The molecule has 0 radical (unpaired) electrons. The van der Waals surface area contributed by atoms with Crippen LogP contribution in [0.2, 0.25) is 19.6 Å². The number of aliphatic hydroxyl groups is 1. The highest BCUT2D eigenvalue weighted by atomic mass is 28.3. The molecule has 5 heteroatoms. The highest BCUT2D eigenvalue weighted by molar-refractivity contribution is 6.82. The highest BCUT2D eigenvalue weighted by Gasteiger charge is 2.31. The predicted octanol–water partition coefficient (Wildman–Crippen LogP) is 5.58. The minimum absolute atomic E-state index is 0.000764. The van der Waals surface area contributed by atoms with E-state index in [1.165, 1.54) is 19.3 Å². The number of hydrogen-bond donors (Lipinski definition) is 1. The standard InChI is InChI=1S/C21H41NO3Si/c1-15(2)22(16(3)4)21(24)25-19(26(6,7)8)14-17(5)20(23)18-12-10-9-11-13-18/h14-18,20,23H,9-13H2,1-8H3/b19-14+/t17-,20-/m0/s1. The molecule has 1 N–H and O–H groups in total. The average Bonchev–Trinajstić information content (AvgIpc) is 2.52. The van der Waals surface area contributed by atoms with Crippen LogP contribution in [0.25, 0.3) is 0 Å². The lowest BCUT2D eigenvalue weighted by Gasteiger charge is -2.33. The topological polar surface area (TPSA) is 49.8 Å². The number of rotatable bonds is 7. The molecule has 1 amide bonds. The summed E-state index contributed by atoms with van der Waals surface area (Å²) >= 11 is 0. The van der Waals surface area contributed by atoms with E-state index >= 15 is 0 Å². The Morgan fingerprint density at radius 1 is 1.04 bits per heavy atom. The Kier molecular flexibility index (Phi) is 8.87. The number of aliphatic hydroxyl groups excluding tert-OH is 1. The van der Waals surface area contributed by atoms with Crippen LogP contribution in [0.3, 0.4) is 0 Å². The van der Waals surface area contributed by atoms with Crippen LogP contribution in [0.15, 0.2) is 11.5 Å². The summed E-state index contributed by atoms with van der Waals surface area (Å²) in [4.78, 5) is 14.5. The van der Waals surface area contributed by atoms with Crippen molar-refractivity contribution < 1.29 is 14.6 Å². The molecule has 0 unspecified atom stereocenters. The minimum Gasteiger partial charge on any atom is -0.420 e. The van der Waals surface area contributed by atoms with Crippen molar-refractivity contribution in [1.82, 2.24) is 4.90 Å². The molecule has 1 fully saturated rings. The number of ether oxygens (including phenoxy) is 1. The fraction of sp³-hybridized carbons (Fsp3) is 0.857. The van der Waals surface area contributed by atoms with Gasteiger partial charge in [0.2, 0.25) is 0 Å². The summed E-state index contributed by atoms with van der Waals surface area (Å²) in [6.07, 6.45) is 7.33. The third kappa shape index (κ3) is 6.73. The van der Waals surface area contributed by atoms with Crippen LogP contribution in [-0.4, -0.2) is 42.4 Å². The van der Waals surface area contributed by atoms with Gasteiger partial charge >= 0.3 is 6.09 Å². The van der Waals surface area contributed by atoms with Gasteiger partial charge in [-0.25, -0.2) is 4.79 Å². The molecule has 0 heterocycles. The zero-order valence-electron chi connectivity index (χ0n) is 18.2. The van der Waals surface area contributed by atoms with Crippen molar-refractivity contribution in [3.8, 4) is 0 Å². The van der Waals surface area contributed by atoms with Gasteiger partial charge in [0.1, 0.15) is 8.07 Å². The molecule has 0 bridgehead atoms. The van der Waals surface area contributed by atoms with Crippen LogP contribution >= 0.6 is 0 Å². The number of amides is 1. The van der Waals surface area contributed by atoms with Crippen molar-refractivity contribution in [2.45, 2.75) is 105 Å². The molecule has 0 saturated heterocycles. The van der Waals surface area contributed by atoms with E-state index in [0.29, 0.717) is 5.92 Å². The molecule has 0 aromatic carbocycles. The summed E-state index contributed by atoms with van der Waals surface area (Å²) in [6.45, 7) is 16.6. The molecular formula is C21H41NO3Si. The van der Waals surface area contributed by atoms with Crippen LogP contribution in [-0.2, 0) is 4.74 Å². The van der Waals surface area contributed by atoms with Crippen molar-refractivity contribution in [2.24, 2.45) is 11.8 Å². The summed E-state index contributed by atoms with van der Waals surface area (Å²) in [6, 6.07) is 0.186. The van der Waals surface area contributed by atoms with Gasteiger partial charge in [0.05, 0.1) is 11.5 Å². The first kappa shape index (κ1) is 23.2. The molecule has 152 valence electrons. The maximum atomic E-state index is 12.8. The molecule has 26 heavy (non-hydrogen) atoms. The van der Waals surface area contributed by atoms with Gasteiger partial charge < -0.3 is 14.7 Å². The van der Waals surface area contributed by atoms with E-state index in [1.54, 1.807) is 4.90 Å². The van der Waals surface area contributed by atoms with Gasteiger partial charge in [0.15, 0.2) is 0 Å². The Morgan fingerprint density at radius 3 is 1.96 bits per heavy atom. The molecule has 1 saturated carbocycles. The second kappa shape index (κ2) is 9.93. The van der Waals surface area contributed by atoms with E-state index in [0.717, 1.165) is 18.2 Å². The van der Waals surface area contributed by atoms with E-state index in [2.05, 4.69) is 26.6 Å². The Hall–Kier alpha value is -0.813. The summed E-state index contributed by atoms with van der Waals surface area (Å²) in [7, 11) is -1.84. The largest absolute Gasteiger partial charge is 0.420 e.